The Morgan fingerprint density at radius 3 is 2.32 bits per heavy atom. The summed E-state index contributed by atoms with van der Waals surface area (Å²) < 4.78 is 5.54. The maximum atomic E-state index is 13.4. The smallest absolute Gasteiger partial charge is 0.286 e. The number of nitrogens with one attached hydrogen (secondary N) is 1. The van der Waals surface area contributed by atoms with Crippen molar-refractivity contribution in [2.45, 2.75) is 75.1 Å². The molecule has 34 heavy (non-hydrogen) atoms. The van der Waals surface area contributed by atoms with Gasteiger partial charge in [0.15, 0.2) is 0 Å². The number of piperidine rings is 1. The van der Waals surface area contributed by atoms with Gasteiger partial charge in [0.05, 0.1) is 12.8 Å². The summed E-state index contributed by atoms with van der Waals surface area (Å²) in [6, 6.07) is 9.90. The molecular weight excluding hydrogens is 448 g/mol. The standard InChI is InChI=1S/C26H34N4O3S/c1-18-27-23(19-14-16-30(17-15-19)26(32)34-21-12-8-5-9-13-21)22(25(28-18)33-2)24(31)29-20-10-6-3-4-7-11-20/h5,8-9,12-13,19-20H,3-4,6-7,10-11,14-17H2,1-2H3,(H,29,31). The third-order valence-electron chi connectivity index (χ3n) is 6.71. The molecule has 0 spiro atoms. The van der Waals surface area contributed by atoms with Crippen LogP contribution in [0.25, 0.3) is 0 Å². The number of benzene rings is 1. The highest BCUT2D eigenvalue weighted by Gasteiger charge is 2.31. The van der Waals surface area contributed by atoms with Crippen LogP contribution < -0.4 is 10.1 Å². The van der Waals surface area contributed by atoms with E-state index in [2.05, 4.69) is 10.3 Å². The van der Waals surface area contributed by atoms with Gasteiger partial charge in [-0.15, -0.1) is 0 Å². The predicted molar refractivity (Wildman–Crippen MR) is 134 cm³/mol. The van der Waals surface area contributed by atoms with E-state index in [1.807, 2.05) is 42.2 Å². The number of hydrogen-bond donors (Lipinski definition) is 1. The highest BCUT2D eigenvalue weighted by Crippen LogP contribution is 2.34. The molecule has 2 heterocycles. The predicted octanol–water partition coefficient (Wildman–Crippen LogP) is 5.34. The van der Waals surface area contributed by atoms with E-state index in [4.69, 9.17) is 9.72 Å². The van der Waals surface area contributed by atoms with Crippen LogP contribution in [0.1, 0.15) is 79.2 Å². The molecule has 8 heteroatoms. The lowest BCUT2D eigenvalue weighted by molar-refractivity contribution is 0.0926. The zero-order chi connectivity index (χ0) is 23.9. The van der Waals surface area contributed by atoms with Crippen LogP contribution in [0, 0.1) is 6.92 Å². The van der Waals surface area contributed by atoms with Crippen molar-refractivity contribution in [3.8, 4) is 5.88 Å². The maximum Gasteiger partial charge on any atom is 0.286 e. The molecule has 1 N–H and O–H groups in total. The SMILES string of the molecule is COc1nc(C)nc(C2CCN(C(=O)Sc3ccccc3)CC2)c1C(=O)NC1CCCCCC1. The van der Waals surface area contributed by atoms with Crippen molar-refractivity contribution in [1.29, 1.82) is 0 Å². The number of aryl methyl sites for hydroxylation is 1. The summed E-state index contributed by atoms with van der Waals surface area (Å²) in [5.74, 6) is 0.871. The Kier molecular flexibility index (Phi) is 8.43. The molecule has 2 fully saturated rings. The molecule has 1 aromatic heterocycles. The first-order valence-electron chi connectivity index (χ1n) is 12.3. The van der Waals surface area contributed by atoms with Crippen molar-refractivity contribution in [2.75, 3.05) is 20.2 Å². The van der Waals surface area contributed by atoms with Crippen LogP contribution in [0.3, 0.4) is 0 Å². The van der Waals surface area contributed by atoms with Crippen LogP contribution in [0.4, 0.5) is 4.79 Å². The lowest BCUT2D eigenvalue weighted by atomic mass is 9.90. The number of hydrogen-bond acceptors (Lipinski definition) is 6. The number of methoxy groups -OCH3 is 1. The first kappa shape index (κ1) is 24.5. The van der Waals surface area contributed by atoms with Crippen molar-refractivity contribution in [1.82, 2.24) is 20.2 Å². The molecule has 1 saturated heterocycles. The molecule has 0 bridgehead atoms. The molecular formula is C26H34N4O3S. The van der Waals surface area contributed by atoms with Gasteiger partial charge < -0.3 is 15.0 Å². The minimum atomic E-state index is -0.142. The molecule has 4 rings (SSSR count). The summed E-state index contributed by atoms with van der Waals surface area (Å²) in [4.78, 5) is 38.1. The van der Waals surface area contributed by atoms with Gasteiger partial charge in [0.2, 0.25) is 5.88 Å². The number of nitrogens with zero attached hydrogens (tertiary/aromatic N) is 3. The third-order valence-corrected chi connectivity index (χ3v) is 7.66. The number of thioether (sulfide) groups is 1. The quantitative estimate of drug-likeness (QED) is 0.458. The Morgan fingerprint density at radius 1 is 1.00 bits per heavy atom. The van der Waals surface area contributed by atoms with Gasteiger partial charge in [-0.1, -0.05) is 43.9 Å². The van der Waals surface area contributed by atoms with Crippen LogP contribution in [-0.4, -0.2) is 52.3 Å². The second-order valence-corrected chi connectivity index (χ2v) is 10.2. The molecule has 182 valence electrons. The van der Waals surface area contributed by atoms with Crippen LogP contribution in [-0.2, 0) is 0 Å². The van der Waals surface area contributed by atoms with Gasteiger partial charge in [0.25, 0.3) is 11.1 Å². The summed E-state index contributed by atoms with van der Waals surface area (Å²) in [7, 11) is 1.55. The monoisotopic (exact) mass is 482 g/mol. The molecule has 1 aliphatic carbocycles. The summed E-state index contributed by atoms with van der Waals surface area (Å²) in [5, 5.41) is 3.30. The Morgan fingerprint density at radius 2 is 1.68 bits per heavy atom. The van der Waals surface area contributed by atoms with Gasteiger partial charge in [-0.2, -0.15) is 4.98 Å². The average Bonchev–Trinajstić information content (AvgIpc) is 3.12. The fourth-order valence-corrected chi connectivity index (χ4v) is 5.70. The highest BCUT2D eigenvalue weighted by atomic mass is 32.2. The molecule has 0 radical (unpaired) electrons. The van der Waals surface area contributed by atoms with E-state index in [1.54, 1.807) is 7.11 Å². The molecule has 1 saturated carbocycles. The van der Waals surface area contributed by atoms with Gasteiger partial charge in [0.1, 0.15) is 11.4 Å². The van der Waals surface area contributed by atoms with Gasteiger partial charge in [-0.25, -0.2) is 4.98 Å². The number of aromatic nitrogens is 2. The number of ether oxygens (including phenoxy) is 1. The normalized spacial score (nSPS) is 17.8. The molecule has 0 unspecified atom stereocenters. The topological polar surface area (TPSA) is 84.4 Å². The molecule has 2 aromatic rings. The highest BCUT2D eigenvalue weighted by molar-refractivity contribution is 8.13. The van der Waals surface area contributed by atoms with E-state index in [9.17, 15) is 9.59 Å². The van der Waals surface area contributed by atoms with Gasteiger partial charge >= 0.3 is 0 Å². The Balaban J connectivity index is 1.47. The number of amides is 2. The molecule has 2 amide bonds. The second-order valence-electron chi connectivity index (χ2n) is 9.14. The summed E-state index contributed by atoms with van der Waals surface area (Å²) >= 11 is 1.26. The number of carbonyl (C=O) groups is 2. The molecule has 1 aliphatic heterocycles. The van der Waals surface area contributed by atoms with E-state index in [1.165, 1.54) is 24.6 Å². The number of likely N-dealkylation sites (tertiary alicyclic amines) is 1. The first-order valence-corrected chi connectivity index (χ1v) is 13.1. The van der Waals surface area contributed by atoms with E-state index in [0.717, 1.165) is 49.1 Å². The number of rotatable bonds is 5. The molecule has 0 atom stereocenters. The van der Waals surface area contributed by atoms with Crippen molar-refractivity contribution >= 4 is 22.9 Å². The third kappa shape index (κ3) is 6.09. The zero-order valence-electron chi connectivity index (χ0n) is 20.1. The molecule has 1 aromatic carbocycles. The van der Waals surface area contributed by atoms with Crippen molar-refractivity contribution in [3.05, 3.63) is 47.4 Å². The zero-order valence-corrected chi connectivity index (χ0v) is 20.9. The minimum Gasteiger partial charge on any atom is -0.480 e. The van der Waals surface area contributed by atoms with Crippen LogP contribution in [0.5, 0.6) is 5.88 Å². The summed E-state index contributed by atoms with van der Waals surface area (Å²) in [5.41, 5.74) is 1.21. The maximum absolute atomic E-state index is 13.4. The van der Waals surface area contributed by atoms with Crippen LogP contribution >= 0.6 is 11.8 Å². The van der Waals surface area contributed by atoms with Crippen LogP contribution in [0.2, 0.25) is 0 Å². The van der Waals surface area contributed by atoms with E-state index >= 15 is 0 Å². The fraction of sp³-hybridized carbons (Fsp3) is 0.538. The average molecular weight is 483 g/mol. The Bertz CT molecular complexity index is 985. The number of carbonyl (C=O) groups excluding carboxylic acids is 2. The lowest BCUT2D eigenvalue weighted by Gasteiger charge is -2.32. The van der Waals surface area contributed by atoms with Crippen molar-refractivity contribution in [3.63, 3.8) is 0 Å². The summed E-state index contributed by atoms with van der Waals surface area (Å²) in [6.45, 7) is 3.10. The lowest BCUT2D eigenvalue weighted by Crippen LogP contribution is -2.38. The van der Waals surface area contributed by atoms with Crippen LogP contribution in [0.15, 0.2) is 35.2 Å². The Hall–Kier alpha value is -2.61. The van der Waals surface area contributed by atoms with Gasteiger partial charge in [-0.3, -0.25) is 9.59 Å². The van der Waals surface area contributed by atoms with Crippen molar-refractivity contribution < 1.29 is 14.3 Å². The largest absolute Gasteiger partial charge is 0.480 e. The fourth-order valence-electron chi connectivity index (χ4n) is 4.89. The van der Waals surface area contributed by atoms with Gasteiger partial charge in [0, 0.05) is 29.9 Å². The second kappa shape index (κ2) is 11.7. The van der Waals surface area contributed by atoms with E-state index in [0.29, 0.717) is 30.4 Å². The molecule has 7 nitrogen and oxygen atoms in total. The van der Waals surface area contributed by atoms with E-state index in [-0.39, 0.29) is 23.1 Å². The van der Waals surface area contributed by atoms with Crippen molar-refractivity contribution in [2.24, 2.45) is 0 Å². The first-order chi connectivity index (χ1) is 16.5. The minimum absolute atomic E-state index is 0.0624. The molecule has 2 aliphatic rings. The van der Waals surface area contributed by atoms with E-state index < -0.39 is 0 Å². The summed E-state index contributed by atoms with van der Waals surface area (Å²) in [6.07, 6.45) is 8.28. The van der Waals surface area contributed by atoms with Gasteiger partial charge in [-0.05, 0) is 56.5 Å². The Labute approximate surface area is 206 Å².